The van der Waals surface area contributed by atoms with Crippen LogP contribution in [-0.4, -0.2) is 32.8 Å². The maximum Gasteiger partial charge on any atom is 0.313 e. The molecule has 4 nitrogen and oxygen atoms in total. The third-order valence-corrected chi connectivity index (χ3v) is 5.19. The van der Waals surface area contributed by atoms with Crippen molar-refractivity contribution in [3.05, 3.63) is 0 Å². The molecule has 0 spiro atoms. The normalized spacial score (nSPS) is 10.1. The van der Waals surface area contributed by atoms with Gasteiger partial charge in [0, 0.05) is 28.1 Å². The summed E-state index contributed by atoms with van der Waals surface area (Å²) in [6.45, 7) is 2.20. The molecule has 0 amide bonds. The first-order chi connectivity index (χ1) is 8.22. The molecule has 0 bridgehead atoms. The molecule has 0 unspecified atom stereocenters. The number of rotatable bonds is 9. The molecule has 0 aliphatic rings. The van der Waals surface area contributed by atoms with E-state index in [-0.39, 0.29) is 28.1 Å². The SMILES string of the molecule is CCCCCCSc1nnc(SCC(=O)O)s1.[Ag]. The van der Waals surface area contributed by atoms with Gasteiger partial charge in [0.05, 0.1) is 5.75 Å². The van der Waals surface area contributed by atoms with E-state index in [1.54, 1.807) is 11.8 Å². The molecule has 0 aliphatic heterocycles. The summed E-state index contributed by atoms with van der Waals surface area (Å²) in [5, 5.41) is 16.5. The van der Waals surface area contributed by atoms with Crippen molar-refractivity contribution in [2.24, 2.45) is 0 Å². The number of aliphatic carboxylic acids is 1. The van der Waals surface area contributed by atoms with Gasteiger partial charge in [-0.2, -0.15) is 0 Å². The summed E-state index contributed by atoms with van der Waals surface area (Å²) >= 11 is 4.42. The van der Waals surface area contributed by atoms with Crippen LogP contribution in [0.4, 0.5) is 0 Å². The van der Waals surface area contributed by atoms with Crippen molar-refractivity contribution >= 4 is 40.8 Å². The van der Waals surface area contributed by atoms with Crippen LogP contribution in [0.2, 0.25) is 0 Å². The van der Waals surface area contributed by atoms with Crippen molar-refractivity contribution < 1.29 is 32.3 Å². The maximum atomic E-state index is 10.4. The fourth-order valence-electron chi connectivity index (χ4n) is 1.13. The number of hydrogen-bond donors (Lipinski definition) is 1. The maximum absolute atomic E-state index is 10.4. The fraction of sp³-hybridized carbons (Fsp3) is 0.700. The van der Waals surface area contributed by atoms with Crippen molar-refractivity contribution in [1.29, 1.82) is 0 Å². The Labute approximate surface area is 135 Å². The Morgan fingerprint density at radius 2 is 1.89 bits per heavy atom. The van der Waals surface area contributed by atoms with Gasteiger partial charge in [-0.1, -0.05) is 61.0 Å². The van der Waals surface area contributed by atoms with Crippen LogP contribution in [0, 0.1) is 0 Å². The number of aromatic nitrogens is 2. The zero-order valence-corrected chi connectivity index (χ0v) is 14.0. The molecule has 1 aromatic heterocycles. The second-order valence-corrected chi connectivity index (χ2v) is 6.97. The van der Waals surface area contributed by atoms with Crippen LogP contribution in [0.5, 0.6) is 0 Å². The van der Waals surface area contributed by atoms with Gasteiger partial charge < -0.3 is 5.11 Å². The molecule has 107 valence electrons. The topological polar surface area (TPSA) is 63.1 Å². The van der Waals surface area contributed by atoms with E-state index in [0.717, 1.165) is 14.4 Å². The minimum absolute atomic E-state index is 0. The largest absolute Gasteiger partial charge is 0.481 e. The molecule has 0 saturated carbocycles. The second kappa shape index (κ2) is 11.3. The summed E-state index contributed by atoms with van der Waals surface area (Å²) in [7, 11) is 0. The molecule has 18 heavy (non-hydrogen) atoms. The third-order valence-electron chi connectivity index (χ3n) is 1.93. The Hall–Kier alpha value is 0.470. The number of thioether (sulfide) groups is 2. The van der Waals surface area contributed by atoms with E-state index in [9.17, 15) is 4.79 Å². The van der Waals surface area contributed by atoms with Crippen molar-refractivity contribution in [2.75, 3.05) is 11.5 Å². The Bertz CT molecular complexity index is 350. The van der Waals surface area contributed by atoms with E-state index in [0.29, 0.717) is 0 Å². The van der Waals surface area contributed by atoms with Crippen molar-refractivity contribution in [1.82, 2.24) is 10.2 Å². The zero-order chi connectivity index (χ0) is 12.5. The molecule has 1 aromatic rings. The molecule has 1 rings (SSSR count). The van der Waals surface area contributed by atoms with Crippen LogP contribution in [0.15, 0.2) is 8.68 Å². The van der Waals surface area contributed by atoms with Crippen LogP contribution in [0.3, 0.4) is 0 Å². The first kappa shape index (κ1) is 18.5. The van der Waals surface area contributed by atoms with Crippen LogP contribution >= 0.6 is 34.9 Å². The second-order valence-electron chi connectivity index (χ2n) is 3.43. The summed E-state index contributed by atoms with van der Waals surface area (Å²) in [6.07, 6.45) is 5.01. The summed E-state index contributed by atoms with van der Waals surface area (Å²) in [5.74, 6) is 0.299. The standard InChI is InChI=1S/C10H16N2O2S3.Ag/c1-2-3-4-5-6-15-9-11-12-10(17-9)16-7-8(13)14;/h2-7H2,1H3,(H,13,14);. The van der Waals surface area contributed by atoms with Gasteiger partial charge in [-0.3, -0.25) is 4.79 Å². The monoisotopic (exact) mass is 399 g/mol. The first-order valence-electron chi connectivity index (χ1n) is 5.53. The Morgan fingerprint density at radius 1 is 1.22 bits per heavy atom. The van der Waals surface area contributed by atoms with Crippen LogP contribution in [0.1, 0.15) is 32.6 Å². The van der Waals surface area contributed by atoms with Gasteiger partial charge in [-0.25, -0.2) is 0 Å². The average Bonchev–Trinajstić information content (AvgIpc) is 2.74. The molecular weight excluding hydrogens is 384 g/mol. The quantitative estimate of drug-likeness (QED) is 0.390. The van der Waals surface area contributed by atoms with Crippen LogP contribution < -0.4 is 0 Å². The molecule has 0 saturated heterocycles. The molecular formula is C10H16AgN2O2S3. The van der Waals surface area contributed by atoms with E-state index in [1.165, 1.54) is 48.8 Å². The van der Waals surface area contributed by atoms with Crippen molar-refractivity contribution in [2.45, 2.75) is 41.3 Å². The number of unbranched alkanes of at least 4 members (excludes halogenated alkanes) is 3. The summed E-state index contributed by atoms with van der Waals surface area (Å²) in [5.41, 5.74) is 0. The number of hydrogen-bond acceptors (Lipinski definition) is 6. The molecule has 0 fully saturated rings. The van der Waals surface area contributed by atoms with Crippen molar-refractivity contribution in [3.8, 4) is 0 Å². The van der Waals surface area contributed by atoms with Gasteiger partial charge >= 0.3 is 5.97 Å². The average molecular weight is 400 g/mol. The van der Waals surface area contributed by atoms with E-state index < -0.39 is 5.97 Å². The van der Waals surface area contributed by atoms with E-state index in [2.05, 4.69) is 17.1 Å². The smallest absolute Gasteiger partial charge is 0.313 e. The molecule has 8 heteroatoms. The number of carboxylic acid groups (broad SMARTS) is 1. The number of carboxylic acids is 1. The summed E-state index contributed by atoms with van der Waals surface area (Å²) in [4.78, 5) is 10.4. The minimum Gasteiger partial charge on any atom is -0.481 e. The zero-order valence-electron chi connectivity index (χ0n) is 10.0. The fourth-order valence-corrected chi connectivity index (χ4v) is 3.94. The van der Waals surface area contributed by atoms with Crippen molar-refractivity contribution in [3.63, 3.8) is 0 Å². The predicted molar refractivity (Wildman–Crippen MR) is 73.1 cm³/mol. The third kappa shape index (κ3) is 8.55. The molecule has 0 aliphatic carbocycles. The Balaban J connectivity index is 0.00000289. The Kier molecular flexibility index (Phi) is 11.6. The molecule has 1 N–H and O–H groups in total. The minimum atomic E-state index is -0.820. The number of carbonyl (C=O) groups is 1. The van der Waals surface area contributed by atoms with Gasteiger partial charge in [-0.15, -0.1) is 10.2 Å². The van der Waals surface area contributed by atoms with Crippen LogP contribution in [0.25, 0.3) is 0 Å². The van der Waals surface area contributed by atoms with Gasteiger partial charge in [0.15, 0.2) is 8.68 Å². The van der Waals surface area contributed by atoms with E-state index in [4.69, 9.17) is 5.11 Å². The molecule has 1 radical (unpaired) electrons. The van der Waals surface area contributed by atoms with E-state index >= 15 is 0 Å². The molecule has 1 heterocycles. The van der Waals surface area contributed by atoms with Gasteiger partial charge in [0.25, 0.3) is 0 Å². The predicted octanol–water partition coefficient (Wildman–Crippen LogP) is 3.38. The van der Waals surface area contributed by atoms with Gasteiger partial charge in [0.1, 0.15) is 0 Å². The summed E-state index contributed by atoms with van der Waals surface area (Å²) < 4.78 is 1.68. The first-order valence-corrected chi connectivity index (χ1v) is 8.32. The van der Waals surface area contributed by atoms with Gasteiger partial charge in [-0.05, 0) is 6.42 Å². The van der Waals surface area contributed by atoms with Crippen LogP contribution in [-0.2, 0) is 27.2 Å². The van der Waals surface area contributed by atoms with E-state index in [1.807, 2.05) is 0 Å². The molecule has 0 aromatic carbocycles. The summed E-state index contributed by atoms with van der Waals surface area (Å²) in [6, 6.07) is 0. The Morgan fingerprint density at radius 3 is 2.50 bits per heavy atom. The number of nitrogens with zero attached hydrogens (tertiary/aromatic N) is 2. The van der Waals surface area contributed by atoms with Gasteiger partial charge in [0.2, 0.25) is 0 Å². The molecule has 0 atom stereocenters.